The van der Waals surface area contributed by atoms with Crippen molar-refractivity contribution in [2.45, 2.75) is 114 Å². The molecule has 0 bridgehead atoms. The number of unbranched alkanes of at least 4 members (excludes halogenated alkanes) is 11. The standard InChI is InChI=1S/C20H36O7/c1-2-3-4-5-6-7-8-9-10-11-12-13-14-20(26,19(24)25)17-15(21)16(22)18(23)27-17/h15-17,21-22,26H,2-14H2,1H3,(H,24,25)/t15-,16+,17+,20?/m1/s1. The first kappa shape index (κ1) is 23.9. The van der Waals surface area contributed by atoms with Crippen molar-refractivity contribution in [3.05, 3.63) is 0 Å². The summed E-state index contributed by atoms with van der Waals surface area (Å²) in [6.07, 6.45) is 8.01. The first-order valence-electron chi connectivity index (χ1n) is 10.4. The predicted octanol–water partition coefficient (Wildman–Crippen LogP) is 2.54. The van der Waals surface area contributed by atoms with Crippen LogP contribution in [0.15, 0.2) is 0 Å². The maximum Gasteiger partial charge on any atom is 0.339 e. The van der Waals surface area contributed by atoms with E-state index in [1.165, 1.54) is 44.9 Å². The molecule has 0 radical (unpaired) electrons. The fourth-order valence-corrected chi connectivity index (χ4v) is 3.56. The SMILES string of the molecule is CCCCCCCCCCCCCCC(O)(C(=O)O)[C@H]1OC(=O)[C@@H](O)[C@H]1O. The molecule has 1 saturated heterocycles. The average Bonchev–Trinajstić information content (AvgIpc) is 2.90. The lowest BCUT2D eigenvalue weighted by atomic mass is 9.86. The van der Waals surface area contributed by atoms with Crippen LogP contribution in [-0.4, -0.2) is 56.3 Å². The molecule has 0 aromatic rings. The number of carbonyl (C=O) groups excluding carboxylic acids is 1. The van der Waals surface area contributed by atoms with Crippen molar-refractivity contribution in [3.8, 4) is 0 Å². The second-order valence-electron chi connectivity index (χ2n) is 7.66. The summed E-state index contributed by atoms with van der Waals surface area (Å²) in [7, 11) is 0. The normalized spacial score (nSPS) is 24.6. The molecular formula is C20H36O7. The summed E-state index contributed by atoms with van der Waals surface area (Å²) < 4.78 is 4.70. The molecule has 4 atom stereocenters. The van der Waals surface area contributed by atoms with Crippen molar-refractivity contribution in [2.24, 2.45) is 0 Å². The molecular weight excluding hydrogens is 352 g/mol. The quantitative estimate of drug-likeness (QED) is 0.251. The predicted molar refractivity (Wildman–Crippen MR) is 100 cm³/mol. The van der Waals surface area contributed by atoms with Crippen molar-refractivity contribution in [2.75, 3.05) is 0 Å². The molecule has 27 heavy (non-hydrogen) atoms. The van der Waals surface area contributed by atoms with Crippen LogP contribution in [0.5, 0.6) is 0 Å². The zero-order chi connectivity index (χ0) is 20.3. The fraction of sp³-hybridized carbons (Fsp3) is 0.900. The van der Waals surface area contributed by atoms with E-state index in [1.807, 2.05) is 0 Å². The molecule has 1 rings (SSSR count). The Morgan fingerprint density at radius 2 is 1.37 bits per heavy atom. The Hall–Kier alpha value is -1.18. The van der Waals surface area contributed by atoms with E-state index < -0.39 is 35.9 Å². The molecule has 1 unspecified atom stereocenters. The number of hydrogen-bond donors (Lipinski definition) is 4. The second-order valence-corrected chi connectivity index (χ2v) is 7.66. The lowest BCUT2D eigenvalue weighted by molar-refractivity contribution is -0.184. The third-order valence-electron chi connectivity index (χ3n) is 5.37. The van der Waals surface area contributed by atoms with Gasteiger partial charge in [-0.2, -0.15) is 0 Å². The summed E-state index contributed by atoms with van der Waals surface area (Å²) in [4.78, 5) is 22.8. The minimum absolute atomic E-state index is 0.137. The zero-order valence-corrected chi connectivity index (χ0v) is 16.4. The van der Waals surface area contributed by atoms with Gasteiger partial charge in [-0.15, -0.1) is 0 Å². The highest BCUT2D eigenvalue weighted by molar-refractivity contribution is 5.83. The highest BCUT2D eigenvalue weighted by atomic mass is 16.6. The Balaban J connectivity index is 2.19. The Kier molecular flexibility index (Phi) is 10.9. The van der Waals surface area contributed by atoms with Gasteiger partial charge in [0.15, 0.2) is 12.2 Å². The van der Waals surface area contributed by atoms with Crippen molar-refractivity contribution < 1.29 is 34.8 Å². The van der Waals surface area contributed by atoms with E-state index in [2.05, 4.69) is 6.92 Å². The van der Waals surface area contributed by atoms with E-state index in [0.717, 1.165) is 25.7 Å². The second kappa shape index (κ2) is 12.3. The van der Waals surface area contributed by atoms with Gasteiger partial charge in [0.1, 0.15) is 6.10 Å². The van der Waals surface area contributed by atoms with E-state index in [9.17, 15) is 30.0 Å². The van der Waals surface area contributed by atoms with Crippen molar-refractivity contribution in [3.63, 3.8) is 0 Å². The van der Waals surface area contributed by atoms with Crippen molar-refractivity contribution in [1.29, 1.82) is 0 Å². The number of cyclic esters (lactones) is 1. The van der Waals surface area contributed by atoms with Gasteiger partial charge in [0.2, 0.25) is 5.60 Å². The molecule has 1 heterocycles. The molecule has 1 fully saturated rings. The van der Waals surface area contributed by atoms with Crippen molar-refractivity contribution in [1.82, 2.24) is 0 Å². The molecule has 7 nitrogen and oxygen atoms in total. The highest BCUT2D eigenvalue weighted by Crippen LogP contribution is 2.30. The van der Waals surface area contributed by atoms with E-state index in [-0.39, 0.29) is 6.42 Å². The van der Waals surface area contributed by atoms with Crippen LogP contribution in [0.3, 0.4) is 0 Å². The summed E-state index contributed by atoms with van der Waals surface area (Å²) in [6.45, 7) is 2.21. The molecule has 0 aromatic carbocycles. The molecule has 4 N–H and O–H groups in total. The van der Waals surface area contributed by atoms with E-state index >= 15 is 0 Å². The van der Waals surface area contributed by atoms with Gasteiger partial charge in [-0.25, -0.2) is 9.59 Å². The minimum atomic E-state index is -2.38. The molecule has 1 aliphatic rings. The van der Waals surface area contributed by atoms with Crippen LogP contribution in [0.4, 0.5) is 0 Å². The number of aliphatic hydroxyl groups is 3. The fourth-order valence-electron chi connectivity index (χ4n) is 3.56. The monoisotopic (exact) mass is 388 g/mol. The number of rotatable bonds is 15. The number of aliphatic hydroxyl groups excluding tert-OH is 2. The summed E-state index contributed by atoms with van der Waals surface area (Å²) in [6, 6.07) is 0. The van der Waals surface area contributed by atoms with Crippen LogP contribution < -0.4 is 0 Å². The smallest absolute Gasteiger partial charge is 0.339 e. The summed E-state index contributed by atoms with van der Waals surface area (Å²) in [5, 5.41) is 38.9. The number of hydrogen-bond acceptors (Lipinski definition) is 6. The van der Waals surface area contributed by atoms with Crippen LogP contribution in [0.1, 0.15) is 90.4 Å². The van der Waals surface area contributed by atoms with E-state index in [1.54, 1.807) is 0 Å². The summed E-state index contributed by atoms with van der Waals surface area (Å²) in [5.74, 6) is -2.67. The van der Waals surface area contributed by atoms with E-state index in [4.69, 9.17) is 4.74 Å². The maximum absolute atomic E-state index is 11.5. The molecule has 0 aliphatic carbocycles. The summed E-state index contributed by atoms with van der Waals surface area (Å²) in [5.41, 5.74) is -2.38. The van der Waals surface area contributed by atoms with Gasteiger partial charge in [0.25, 0.3) is 0 Å². The van der Waals surface area contributed by atoms with Crippen LogP contribution in [-0.2, 0) is 14.3 Å². The van der Waals surface area contributed by atoms with E-state index in [0.29, 0.717) is 6.42 Å². The summed E-state index contributed by atoms with van der Waals surface area (Å²) >= 11 is 0. The number of esters is 1. The number of carboxylic acid groups (broad SMARTS) is 1. The van der Waals surface area contributed by atoms with Crippen LogP contribution in [0.2, 0.25) is 0 Å². The number of aliphatic carboxylic acids is 1. The number of carbonyl (C=O) groups is 2. The van der Waals surface area contributed by atoms with Gasteiger partial charge >= 0.3 is 11.9 Å². The van der Waals surface area contributed by atoms with Crippen molar-refractivity contribution >= 4 is 11.9 Å². The third-order valence-corrected chi connectivity index (χ3v) is 5.37. The number of ether oxygens (including phenoxy) is 1. The number of carboxylic acids is 1. The van der Waals surface area contributed by atoms with Gasteiger partial charge in [-0.3, -0.25) is 0 Å². The molecule has 7 heteroatoms. The van der Waals surface area contributed by atoms with Gasteiger partial charge < -0.3 is 25.2 Å². The molecule has 0 amide bonds. The third kappa shape index (κ3) is 7.39. The lowest BCUT2D eigenvalue weighted by Gasteiger charge is -2.30. The van der Waals surface area contributed by atoms with Crippen LogP contribution >= 0.6 is 0 Å². The minimum Gasteiger partial charge on any atom is -0.479 e. The molecule has 0 saturated carbocycles. The van der Waals surface area contributed by atoms with Crippen LogP contribution in [0.25, 0.3) is 0 Å². The molecule has 158 valence electrons. The topological polar surface area (TPSA) is 124 Å². The zero-order valence-electron chi connectivity index (χ0n) is 16.4. The largest absolute Gasteiger partial charge is 0.479 e. The molecule has 0 aromatic heterocycles. The van der Waals surface area contributed by atoms with Gasteiger partial charge in [-0.05, 0) is 12.8 Å². The Labute approximate surface area is 161 Å². The Morgan fingerprint density at radius 1 is 0.926 bits per heavy atom. The lowest BCUT2D eigenvalue weighted by Crippen LogP contribution is -2.54. The molecule has 0 spiro atoms. The average molecular weight is 389 g/mol. The maximum atomic E-state index is 11.5. The first-order valence-corrected chi connectivity index (χ1v) is 10.4. The molecule has 1 aliphatic heterocycles. The van der Waals surface area contributed by atoms with Gasteiger partial charge in [-0.1, -0.05) is 77.6 Å². The Morgan fingerprint density at radius 3 is 1.74 bits per heavy atom. The Bertz CT molecular complexity index is 454. The van der Waals surface area contributed by atoms with Gasteiger partial charge in [0.05, 0.1) is 0 Å². The highest BCUT2D eigenvalue weighted by Gasteiger charge is 2.57. The van der Waals surface area contributed by atoms with Gasteiger partial charge in [0, 0.05) is 0 Å². The first-order chi connectivity index (χ1) is 12.8. The van der Waals surface area contributed by atoms with Crippen LogP contribution in [0, 0.1) is 0 Å².